The van der Waals surface area contributed by atoms with Gasteiger partial charge in [0.05, 0.1) is 5.75 Å². The second-order valence-corrected chi connectivity index (χ2v) is 5.71. The Hall–Kier alpha value is -0.340. The molecule has 0 saturated heterocycles. The molecule has 0 fully saturated rings. The summed E-state index contributed by atoms with van der Waals surface area (Å²) in [6.07, 6.45) is -6.11. The number of aliphatic hydroxyl groups excluding tert-OH is 1. The largest absolute Gasteiger partial charge is 0.415 e. The van der Waals surface area contributed by atoms with Crippen molar-refractivity contribution in [3.05, 3.63) is 0 Å². The smallest absolute Gasteiger partial charge is 0.382 e. The minimum Gasteiger partial charge on any atom is -0.382 e. The second kappa shape index (κ2) is 5.13. The maximum absolute atomic E-state index is 11.9. The zero-order chi connectivity index (χ0) is 12.3. The lowest BCUT2D eigenvalue weighted by atomic mass is 10.3. The van der Waals surface area contributed by atoms with Crippen molar-refractivity contribution in [2.75, 3.05) is 32.1 Å². The van der Waals surface area contributed by atoms with Gasteiger partial charge in [0, 0.05) is 19.3 Å². The van der Waals surface area contributed by atoms with Crippen molar-refractivity contribution >= 4 is 9.84 Å². The van der Waals surface area contributed by atoms with Gasteiger partial charge >= 0.3 is 6.18 Å². The Balaban J connectivity index is 4.00. The fourth-order valence-electron chi connectivity index (χ4n) is 0.812. The fraction of sp³-hybridized carbons (Fsp3) is 1.00. The molecule has 0 amide bonds. The molecule has 92 valence electrons. The van der Waals surface area contributed by atoms with Crippen LogP contribution in [0.5, 0.6) is 0 Å². The molecular formula is C7H14F3NO3S. The van der Waals surface area contributed by atoms with E-state index in [0.717, 1.165) is 11.2 Å². The van der Waals surface area contributed by atoms with E-state index in [4.69, 9.17) is 5.11 Å². The van der Waals surface area contributed by atoms with Crippen molar-refractivity contribution in [2.24, 2.45) is 0 Å². The molecule has 0 radical (unpaired) electrons. The van der Waals surface area contributed by atoms with Crippen LogP contribution in [0.4, 0.5) is 13.2 Å². The van der Waals surface area contributed by atoms with Crippen LogP contribution < -0.4 is 0 Å². The molecule has 1 N–H and O–H groups in total. The molecule has 0 aliphatic rings. The van der Waals surface area contributed by atoms with E-state index in [0.29, 0.717) is 0 Å². The number of alkyl halides is 3. The Labute approximate surface area is 86.6 Å². The zero-order valence-electron chi connectivity index (χ0n) is 8.45. The first-order valence-electron chi connectivity index (χ1n) is 4.13. The average molecular weight is 249 g/mol. The zero-order valence-corrected chi connectivity index (χ0v) is 9.27. The van der Waals surface area contributed by atoms with Crippen LogP contribution in [0.15, 0.2) is 0 Å². The van der Waals surface area contributed by atoms with Gasteiger partial charge in [0.25, 0.3) is 0 Å². The maximum Gasteiger partial charge on any atom is 0.415 e. The molecule has 0 aromatic rings. The Kier molecular flexibility index (Phi) is 5.01. The van der Waals surface area contributed by atoms with Gasteiger partial charge in [-0.05, 0) is 7.05 Å². The predicted molar refractivity (Wildman–Crippen MR) is 49.3 cm³/mol. The number of sulfone groups is 1. The van der Waals surface area contributed by atoms with Crippen molar-refractivity contribution in [3.8, 4) is 0 Å². The lowest BCUT2D eigenvalue weighted by Crippen LogP contribution is -2.40. The van der Waals surface area contributed by atoms with E-state index in [1.807, 2.05) is 0 Å². The highest BCUT2D eigenvalue weighted by molar-refractivity contribution is 7.90. The Bertz CT molecular complexity index is 288. The summed E-state index contributed by atoms with van der Waals surface area (Å²) in [7, 11) is -1.88. The van der Waals surface area contributed by atoms with Crippen LogP contribution in [-0.2, 0) is 9.84 Å². The van der Waals surface area contributed by atoms with Crippen LogP contribution in [0.1, 0.15) is 0 Å². The van der Waals surface area contributed by atoms with Crippen molar-refractivity contribution in [3.63, 3.8) is 0 Å². The summed E-state index contributed by atoms with van der Waals surface area (Å²) in [5.74, 6) is -0.228. The van der Waals surface area contributed by atoms with Crippen LogP contribution in [0, 0.1) is 0 Å². The molecule has 15 heavy (non-hydrogen) atoms. The first kappa shape index (κ1) is 14.7. The summed E-state index contributed by atoms with van der Waals surface area (Å²) in [6.45, 7) is -0.662. The summed E-state index contributed by atoms with van der Waals surface area (Å²) in [5, 5.41) is 8.67. The van der Waals surface area contributed by atoms with Gasteiger partial charge in [0.2, 0.25) is 0 Å². The summed E-state index contributed by atoms with van der Waals surface area (Å²) < 4.78 is 57.1. The van der Waals surface area contributed by atoms with Gasteiger partial charge in [-0.3, -0.25) is 0 Å². The molecule has 0 heterocycles. The van der Waals surface area contributed by atoms with E-state index in [9.17, 15) is 21.6 Å². The first-order chi connectivity index (χ1) is 6.52. The summed E-state index contributed by atoms with van der Waals surface area (Å²) in [4.78, 5) is 1.12. The molecule has 1 atom stereocenters. The molecular weight excluding hydrogens is 235 g/mol. The van der Waals surface area contributed by atoms with Gasteiger partial charge in [-0.1, -0.05) is 0 Å². The molecule has 0 aliphatic carbocycles. The first-order valence-corrected chi connectivity index (χ1v) is 6.19. The highest BCUT2D eigenvalue weighted by Crippen LogP contribution is 2.20. The van der Waals surface area contributed by atoms with Crippen molar-refractivity contribution in [2.45, 2.75) is 12.3 Å². The minimum absolute atomic E-state index is 0.0357. The Morgan fingerprint density at radius 3 is 2.20 bits per heavy atom. The average Bonchev–Trinajstić information content (AvgIpc) is 1.97. The predicted octanol–water partition coefficient (Wildman–Crippen LogP) is -0.114. The quantitative estimate of drug-likeness (QED) is 0.738. The Morgan fingerprint density at radius 1 is 1.40 bits per heavy atom. The third-order valence-electron chi connectivity index (χ3n) is 1.71. The third kappa shape index (κ3) is 7.57. The Morgan fingerprint density at radius 2 is 1.87 bits per heavy atom. The molecule has 0 bridgehead atoms. The van der Waals surface area contributed by atoms with E-state index in [1.54, 1.807) is 0 Å². The van der Waals surface area contributed by atoms with E-state index in [2.05, 4.69) is 0 Å². The van der Waals surface area contributed by atoms with Gasteiger partial charge in [-0.2, -0.15) is 13.2 Å². The molecule has 0 spiro atoms. The summed E-state index contributed by atoms with van der Waals surface area (Å²) in [5.41, 5.74) is 0. The number of hydrogen-bond donors (Lipinski definition) is 1. The summed E-state index contributed by atoms with van der Waals surface area (Å²) >= 11 is 0. The van der Waals surface area contributed by atoms with Crippen LogP contribution in [-0.4, -0.2) is 62.9 Å². The number of likely N-dealkylation sites (N-methyl/N-ethyl adjacent to an activating group) is 1. The fourth-order valence-corrected chi connectivity index (χ4v) is 1.45. The van der Waals surface area contributed by atoms with E-state index in [1.165, 1.54) is 7.05 Å². The summed E-state index contributed by atoms with van der Waals surface area (Å²) in [6, 6.07) is 0. The lowest BCUT2D eigenvalue weighted by molar-refractivity contribution is -0.207. The highest BCUT2D eigenvalue weighted by Gasteiger charge is 2.38. The van der Waals surface area contributed by atoms with Gasteiger partial charge in [0.1, 0.15) is 9.84 Å². The number of nitrogens with zero attached hydrogens (tertiary/aromatic N) is 1. The van der Waals surface area contributed by atoms with Crippen molar-refractivity contribution < 1.29 is 26.7 Å². The number of aliphatic hydroxyl groups is 1. The monoisotopic (exact) mass is 249 g/mol. The number of rotatable bonds is 5. The van der Waals surface area contributed by atoms with E-state index in [-0.39, 0.29) is 12.3 Å². The third-order valence-corrected chi connectivity index (χ3v) is 2.63. The van der Waals surface area contributed by atoms with Crippen LogP contribution >= 0.6 is 0 Å². The van der Waals surface area contributed by atoms with Crippen LogP contribution in [0.25, 0.3) is 0 Å². The molecule has 8 heteroatoms. The normalized spacial score (nSPS) is 15.7. The van der Waals surface area contributed by atoms with Gasteiger partial charge in [0.15, 0.2) is 6.10 Å². The van der Waals surface area contributed by atoms with Gasteiger partial charge in [-0.15, -0.1) is 0 Å². The lowest BCUT2D eigenvalue weighted by Gasteiger charge is -2.21. The van der Waals surface area contributed by atoms with E-state index >= 15 is 0 Å². The molecule has 0 rings (SSSR count). The molecule has 4 nitrogen and oxygen atoms in total. The van der Waals surface area contributed by atoms with Gasteiger partial charge in [-0.25, -0.2) is 8.42 Å². The van der Waals surface area contributed by atoms with Crippen molar-refractivity contribution in [1.82, 2.24) is 4.90 Å². The number of hydrogen-bond acceptors (Lipinski definition) is 4. The van der Waals surface area contributed by atoms with Crippen LogP contribution in [0.3, 0.4) is 0 Å². The maximum atomic E-state index is 11.9. The molecule has 0 aromatic carbocycles. The standard InChI is InChI=1S/C7H14F3NO3S/c1-11(3-4-15(2,13)14)5-6(12)7(8,9)10/h6,12H,3-5H2,1-2H3. The van der Waals surface area contributed by atoms with E-state index < -0.39 is 28.7 Å². The molecule has 0 saturated carbocycles. The van der Waals surface area contributed by atoms with Crippen molar-refractivity contribution in [1.29, 1.82) is 0 Å². The highest BCUT2D eigenvalue weighted by atomic mass is 32.2. The van der Waals surface area contributed by atoms with Crippen LogP contribution in [0.2, 0.25) is 0 Å². The molecule has 0 aliphatic heterocycles. The second-order valence-electron chi connectivity index (χ2n) is 3.45. The SMILES string of the molecule is CN(CCS(C)(=O)=O)CC(O)C(F)(F)F. The van der Waals surface area contributed by atoms with Gasteiger partial charge < -0.3 is 10.0 Å². The molecule has 1 unspecified atom stereocenters. The molecule has 0 aromatic heterocycles. The number of halogens is 3. The minimum atomic E-state index is -4.67. The topological polar surface area (TPSA) is 57.6 Å².